The van der Waals surface area contributed by atoms with Crippen molar-refractivity contribution < 1.29 is 9.90 Å². The van der Waals surface area contributed by atoms with Crippen LogP contribution < -0.4 is 5.73 Å². The quantitative estimate of drug-likeness (QED) is 0.791. The van der Waals surface area contributed by atoms with Crippen LogP contribution >= 0.6 is 0 Å². The number of nitriles is 1. The molecule has 3 N–H and O–H groups in total. The summed E-state index contributed by atoms with van der Waals surface area (Å²) in [6.45, 7) is 0. The van der Waals surface area contributed by atoms with Gasteiger partial charge in [0, 0.05) is 6.04 Å². The summed E-state index contributed by atoms with van der Waals surface area (Å²) in [5.74, 6) is 2.48. The number of nitrogens with zero attached hydrogens (tertiary/aromatic N) is 2. The van der Waals surface area contributed by atoms with Crippen LogP contribution in [0.2, 0.25) is 0 Å². The van der Waals surface area contributed by atoms with Crippen molar-refractivity contribution in [3.63, 3.8) is 0 Å². The fraction of sp³-hybridized carbons (Fsp3) is 0.889. The third-order valence-corrected chi connectivity index (χ3v) is 7.65. The Bertz CT molecular complexity index is 587. The van der Waals surface area contributed by atoms with E-state index in [2.05, 4.69) is 6.07 Å². The molecule has 23 heavy (non-hydrogen) atoms. The number of piperidine rings is 1. The zero-order valence-corrected chi connectivity index (χ0v) is 13.3. The maximum Gasteiger partial charge on any atom is 0.241 e. The largest absolute Gasteiger partial charge is 0.393 e. The fourth-order valence-corrected chi connectivity index (χ4v) is 6.71. The highest BCUT2D eigenvalue weighted by Crippen LogP contribution is 2.57. The number of carbonyl (C=O) groups excluding carboxylic acids is 1. The maximum atomic E-state index is 13.0. The van der Waals surface area contributed by atoms with Gasteiger partial charge in [0.05, 0.1) is 18.2 Å². The van der Waals surface area contributed by atoms with Crippen molar-refractivity contribution in [3.8, 4) is 6.07 Å². The van der Waals surface area contributed by atoms with Crippen LogP contribution in [0, 0.1) is 46.8 Å². The molecule has 10 atom stereocenters. The average Bonchev–Trinajstić information content (AvgIpc) is 3.21. The molecule has 6 aliphatic rings. The molecule has 6 rings (SSSR count). The third-order valence-electron chi connectivity index (χ3n) is 7.65. The lowest BCUT2D eigenvalue weighted by molar-refractivity contribution is -0.153. The van der Waals surface area contributed by atoms with Crippen LogP contribution in [0.15, 0.2) is 0 Å². The molecular formula is C18H25N3O2. The number of hydrogen-bond acceptors (Lipinski definition) is 4. The Kier molecular flexibility index (Phi) is 2.91. The van der Waals surface area contributed by atoms with Crippen molar-refractivity contribution in [1.82, 2.24) is 4.90 Å². The number of rotatable bonds is 2. The van der Waals surface area contributed by atoms with Crippen LogP contribution in [0.3, 0.4) is 0 Å². The summed E-state index contributed by atoms with van der Waals surface area (Å²) in [6, 6.07) is 1.74. The van der Waals surface area contributed by atoms with Gasteiger partial charge in [0.25, 0.3) is 0 Å². The van der Waals surface area contributed by atoms with Gasteiger partial charge in [-0.1, -0.05) is 0 Å². The Morgan fingerprint density at radius 3 is 2.70 bits per heavy atom. The van der Waals surface area contributed by atoms with Crippen LogP contribution in [-0.2, 0) is 4.79 Å². The lowest BCUT2D eigenvalue weighted by Gasteiger charge is -2.58. The molecule has 5 heteroatoms. The summed E-state index contributed by atoms with van der Waals surface area (Å²) >= 11 is 0. The second-order valence-corrected chi connectivity index (χ2v) is 8.78. The number of aliphatic hydroxyl groups excluding tert-OH is 1. The molecule has 5 nitrogen and oxygen atoms in total. The standard InChI is InChI=1S/C18H25N3O2/c19-7-12-5-9-6-14(9)21(12)18(23)16(20)15-10-1-8-2-11(4-10)17(22)13(15)3-8/h8-17,22H,1-6,20H2/t8?,9-,10?,11?,12+,13?,14+,15?,16+,17?/m1/s1. The minimum Gasteiger partial charge on any atom is -0.393 e. The fourth-order valence-electron chi connectivity index (χ4n) is 6.71. The Morgan fingerprint density at radius 1 is 1.13 bits per heavy atom. The van der Waals surface area contributed by atoms with Crippen molar-refractivity contribution in [3.05, 3.63) is 0 Å². The van der Waals surface area contributed by atoms with Crippen LogP contribution in [-0.4, -0.2) is 40.1 Å². The minimum absolute atomic E-state index is 0.0220. The molecule has 4 bridgehead atoms. The van der Waals surface area contributed by atoms with Gasteiger partial charge in [0.1, 0.15) is 6.04 Å². The molecule has 0 spiro atoms. The van der Waals surface area contributed by atoms with Gasteiger partial charge in [-0.05, 0) is 74.0 Å². The number of carbonyl (C=O) groups is 1. The predicted octanol–water partition coefficient (Wildman–Crippen LogP) is 0.870. The first-order valence-corrected chi connectivity index (χ1v) is 9.24. The molecule has 6 unspecified atom stereocenters. The van der Waals surface area contributed by atoms with Gasteiger partial charge in [-0.15, -0.1) is 0 Å². The lowest BCUT2D eigenvalue weighted by Crippen LogP contribution is -2.61. The number of aliphatic hydroxyl groups is 1. The minimum atomic E-state index is -0.533. The normalized spacial score (nSPS) is 53.8. The zero-order chi connectivity index (χ0) is 15.9. The van der Waals surface area contributed by atoms with Gasteiger partial charge < -0.3 is 15.7 Å². The number of nitrogens with two attached hydrogens (primary N) is 1. The van der Waals surface area contributed by atoms with Crippen molar-refractivity contribution in [2.45, 2.75) is 62.8 Å². The van der Waals surface area contributed by atoms with E-state index in [0.717, 1.165) is 38.0 Å². The molecule has 5 aliphatic carbocycles. The molecular weight excluding hydrogens is 290 g/mol. The highest BCUT2D eigenvalue weighted by Gasteiger charge is 2.59. The molecule has 124 valence electrons. The summed E-state index contributed by atoms with van der Waals surface area (Å²) in [5.41, 5.74) is 6.47. The lowest BCUT2D eigenvalue weighted by atomic mass is 9.49. The van der Waals surface area contributed by atoms with Crippen LogP contribution in [0.25, 0.3) is 0 Å². The molecule has 1 aliphatic heterocycles. The van der Waals surface area contributed by atoms with Gasteiger partial charge in [-0.3, -0.25) is 4.79 Å². The van der Waals surface area contributed by atoms with E-state index in [9.17, 15) is 15.2 Å². The number of fused-ring (bicyclic) bond motifs is 1. The van der Waals surface area contributed by atoms with E-state index < -0.39 is 6.04 Å². The van der Waals surface area contributed by atoms with E-state index in [0.29, 0.717) is 17.8 Å². The predicted molar refractivity (Wildman–Crippen MR) is 82.7 cm³/mol. The smallest absolute Gasteiger partial charge is 0.241 e. The monoisotopic (exact) mass is 315 g/mol. The summed E-state index contributed by atoms with van der Waals surface area (Å²) < 4.78 is 0. The highest BCUT2D eigenvalue weighted by atomic mass is 16.3. The van der Waals surface area contributed by atoms with Gasteiger partial charge in [0.15, 0.2) is 0 Å². The maximum absolute atomic E-state index is 13.0. The molecule has 5 saturated carbocycles. The van der Waals surface area contributed by atoms with E-state index in [1.807, 2.05) is 0 Å². The molecule has 1 heterocycles. The first-order chi connectivity index (χ1) is 11.1. The summed E-state index contributed by atoms with van der Waals surface area (Å²) in [4.78, 5) is 14.8. The molecule has 1 saturated heterocycles. The Hall–Kier alpha value is -1.12. The molecule has 1 amide bonds. The number of hydrogen-bond donors (Lipinski definition) is 2. The van der Waals surface area contributed by atoms with Crippen molar-refractivity contribution >= 4 is 5.91 Å². The van der Waals surface area contributed by atoms with E-state index >= 15 is 0 Å². The van der Waals surface area contributed by atoms with Crippen molar-refractivity contribution in [2.75, 3.05) is 0 Å². The van der Waals surface area contributed by atoms with Crippen LogP contribution in [0.4, 0.5) is 0 Å². The summed E-state index contributed by atoms with van der Waals surface area (Å²) in [7, 11) is 0. The molecule has 0 radical (unpaired) electrons. The molecule has 0 aromatic rings. The van der Waals surface area contributed by atoms with Gasteiger partial charge in [0.2, 0.25) is 5.91 Å². The van der Waals surface area contributed by atoms with Crippen molar-refractivity contribution in [2.24, 2.45) is 41.2 Å². The second-order valence-electron chi connectivity index (χ2n) is 8.78. The third kappa shape index (κ3) is 1.88. The summed E-state index contributed by atoms with van der Waals surface area (Å²) in [6.07, 6.45) is 6.01. The van der Waals surface area contributed by atoms with Gasteiger partial charge in [-0.25, -0.2) is 0 Å². The van der Waals surface area contributed by atoms with Crippen LogP contribution in [0.5, 0.6) is 0 Å². The average molecular weight is 315 g/mol. The van der Waals surface area contributed by atoms with E-state index in [1.165, 1.54) is 6.42 Å². The Morgan fingerprint density at radius 2 is 1.91 bits per heavy atom. The Labute approximate surface area is 136 Å². The Balaban J connectivity index is 1.39. The molecule has 0 aromatic carbocycles. The first-order valence-electron chi connectivity index (χ1n) is 9.24. The van der Waals surface area contributed by atoms with Gasteiger partial charge in [-0.2, -0.15) is 5.26 Å². The second kappa shape index (κ2) is 4.70. The SMILES string of the molecule is N#C[C@@H]1C[C@@H]2C[C@@H]2N1C(=O)[C@@H](N)C1C2CC3CC(C2)C(O)C1C3. The van der Waals surface area contributed by atoms with E-state index in [-0.39, 0.29) is 35.9 Å². The topological polar surface area (TPSA) is 90.4 Å². The number of likely N-dealkylation sites (tertiary alicyclic amines) is 1. The van der Waals surface area contributed by atoms with E-state index in [4.69, 9.17) is 5.73 Å². The summed E-state index contributed by atoms with van der Waals surface area (Å²) in [5, 5.41) is 20.0. The molecule has 6 fully saturated rings. The van der Waals surface area contributed by atoms with Crippen LogP contribution in [0.1, 0.15) is 38.5 Å². The number of amides is 1. The van der Waals surface area contributed by atoms with E-state index in [1.54, 1.807) is 4.90 Å². The van der Waals surface area contributed by atoms with Crippen molar-refractivity contribution in [1.29, 1.82) is 5.26 Å². The molecule has 0 aromatic heterocycles. The zero-order valence-electron chi connectivity index (χ0n) is 13.3. The highest BCUT2D eigenvalue weighted by molar-refractivity contribution is 5.84. The van der Waals surface area contributed by atoms with Gasteiger partial charge >= 0.3 is 0 Å². The first kappa shape index (κ1) is 14.2.